The van der Waals surface area contributed by atoms with Crippen molar-refractivity contribution >= 4 is 0 Å². The maximum absolute atomic E-state index is 3.23. The van der Waals surface area contributed by atoms with Crippen LogP contribution in [0, 0.1) is 0 Å². The van der Waals surface area contributed by atoms with Gasteiger partial charge in [-0.15, -0.1) is 0 Å². The van der Waals surface area contributed by atoms with Crippen molar-refractivity contribution in [1.29, 1.82) is 0 Å². The number of hydrogen-bond donors (Lipinski definition) is 1. The van der Waals surface area contributed by atoms with Crippen LogP contribution < -0.4 is 5.32 Å². The van der Waals surface area contributed by atoms with E-state index in [1.54, 1.807) is 0 Å². The Morgan fingerprint density at radius 3 is 2.57 bits per heavy atom. The van der Waals surface area contributed by atoms with Crippen LogP contribution in [-0.2, 0) is 19.6 Å². The van der Waals surface area contributed by atoms with Crippen LogP contribution in [0.2, 0.25) is 0 Å². The molecule has 0 bridgehead atoms. The van der Waals surface area contributed by atoms with Crippen LogP contribution in [0.15, 0.2) is 18.2 Å². The molecule has 0 saturated heterocycles. The van der Waals surface area contributed by atoms with Crippen molar-refractivity contribution in [1.82, 2.24) is 15.1 Å². The van der Waals surface area contributed by atoms with E-state index in [1.807, 2.05) is 7.05 Å². The molecule has 0 amide bonds. The van der Waals surface area contributed by atoms with Gasteiger partial charge in [-0.3, -0.25) is 4.90 Å². The number of nitrogens with zero attached hydrogens (tertiary/aromatic N) is 2. The molecule has 0 radical (unpaired) electrons. The highest BCUT2D eigenvalue weighted by Crippen LogP contribution is 2.24. The Morgan fingerprint density at radius 1 is 1.10 bits per heavy atom. The first kappa shape index (κ1) is 16.5. The van der Waals surface area contributed by atoms with E-state index in [2.05, 4.69) is 47.2 Å². The van der Waals surface area contributed by atoms with Gasteiger partial charge in [0.1, 0.15) is 0 Å². The molecule has 0 fully saturated rings. The van der Waals surface area contributed by atoms with E-state index in [0.29, 0.717) is 0 Å². The second kappa shape index (κ2) is 8.52. The molecule has 21 heavy (non-hydrogen) atoms. The fraction of sp³-hybridized carbons (Fsp3) is 0.667. The molecule has 2 rings (SSSR count). The normalized spacial score (nSPS) is 14.9. The van der Waals surface area contributed by atoms with Gasteiger partial charge < -0.3 is 10.2 Å². The predicted molar refractivity (Wildman–Crippen MR) is 90.3 cm³/mol. The molecule has 1 aromatic rings. The van der Waals surface area contributed by atoms with Crippen LogP contribution in [0.4, 0.5) is 0 Å². The standard InChI is InChI=1S/C18H31N3/c1-4-20(5-2)10-6-7-11-21-14-17-9-8-16(13-19-3)12-18(17)15-21/h8-9,12,19H,4-7,10-11,13-15H2,1-3H3. The predicted octanol–water partition coefficient (Wildman–Crippen LogP) is 2.84. The van der Waals surface area contributed by atoms with Gasteiger partial charge in [0.25, 0.3) is 0 Å². The zero-order chi connectivity index (χ0) is 15.1. The topological polar surface area (TPSA) is 18.5 Å². The van der Waals surface area contributed by atoms with E-state index >= 15 is 0 Å². The maximum Gasteiger partial charge on any atom is 0.0240 e. The summed E-state index contributed by atoms with van der Waals surface area (Å²) in [6, 6.07) is 6.96. The average molecular weight is 289 g/mol. The minimum atomic E-state index is 0.969. The number of benzene rings is 1. The Hall–Kier alpha value is -0.900. The van der Waals surface area contributed by atoms with Crippen molar-refractivity contribution in [3.05, 3.63) is 34.9 Å². The lowest BCUT2D eigenvalue weighted by molar-refractivity contribution is 0.255. The smallest absolute Gasteiger partial charge is 0.0240 e. The molecule has 0 aromatic heterocycles. The molecule has 1 N–H and O–H groups in total. The van der Waals surface area contributed by atoms with Crippen molar-refractivity contribution in [3.63, 3.8) is 0 Å². The second-order valence-electron chi connectivity index (χ2n) is 6.08. The largest absolute Gasteiger partial charge is 0.316 e. The second-order valence-corrected chi connectivity index (χ2v) is 6.08. The summed E-state index contributed by atoms with van der Waals surface area (Å²) in [5.74, 6) is 0. The molecular weight excluding hydrogens is 258 g/mol. The Bertz CT molecular complexity index is 426. The summed E-state index contributed by atoms with van der Waals surface area (Å²) in [5.41, 5.74) is 4.46. The van der Waals surface area contributed by atoms with Gasteiger partial charge in [-0.25, -0.2) is 0 Å². The van der Waals surface area contributed by atoms with Crippen molar-refractivity contribution in [2.45, 2.75) is 46.3 Å². The Kier molecular flexibility index (Phi) is 6.68. The molecule has 3 nitrogen and oxygen atoms in total. The molecule has 3 heteroatoms. The molecule has 118 valence electrons. The fourth-order valence-electron chi connectivity index (χ4n) is 3.20. The summed E-state index contributed by atoms with van der Waals surface area (Å²) >= 11 is 0. The molecule has 1 aliphatic heterocycles. The van der Waals surface area contributed by atoms with Crippen LogP contribution in [0.5, 0.6) is 0 Å². The lowest BCUT2D eigenvalue weighted by Crippen LogP contribution is -2.25. The molecule has 1 heterocycles. The third-order valence-electron chi connectivity index (χ3n) is 4.53. The van der Waals surface area contributed by atoms with Crippen LogP contribution in [0.1, 0.15) is 43.4 Å². The van der Waals surface area contributed by atoms with E-state index < -0.39 is 0 Å². The quantitative estimate of drug-likeness (QED) is 0.705. The molecule has 1 aliphatic rings. The molecular formula is C18H31N3. The lowest BCUT2D eigenvalue weighted by Gasteiger charge is -2.19. The third kappa shape index (κ3) is 4.80. The van der Waals surface area contributed by atoms with Gasteiger partial charge in [0.05, 0.1) is 0 Å². The van der Waals surface area contributed by atoms with E-state index in [9.17, 15) is 0 Å². The molecule has 0 aliphatic carbocycles. The lowest BCUT2D eigenvalue weighted by atomic mass is 10.1. The summed E-state index contributed by atoms with van der Waals surface area (Å²) in [4.78, 5) is 5.11. The van der Waals surface area contributed by atoms with E-state index in [4.69, 9.17) is 0 Å². The Balaban J connectivity index is 1.73. The SMILES string of the molecule is CCN(CC)CCCCN1Cc2ccc(CNC)cc2C1. The number of hydrogen-bond acceptors (Lipinski definition) is 3. The van der Waals surface area contributed by atoms with Crippen molar-refractivity contribution in [2.24, 2.45) is 0 Å². The van der Waals surface area contributed by atoms with Crippen molar-refractivity contribution < 1.29 is 0 Å². The van der Waals surface area contributed by atoms with Crippen LogP contribution in [-0.4, -0.2) is 43.0 Å². The number of fused-ring (bicyclic) bond motifs is 1. The highest BCUT2D eigenvalue weighted by Gasteiger charge is 2.18. The zero-order valence-corrected chi connectivity index (χ0v) is 14.0. The van der Waals surface area contributed by atoms with Crippen LogP contribution in [0.3, 0.4) is 0 Å². The summed E-state index contributed by atoms with van der Waals surface area (Å²) in [5, 5.41) is 3.23. The summed E-state index contributed by atoms with van der Waals surface area (Å²) < 4.78 is 0. The molecule has 0 spiro atoms. The van der Waals surface area contributed by atoms with Crippen LogP contribution in [0.25, 0.3) is 0 Å². The Morgan fingerprint density at radius 2 is 1.86 bits per heavy atom. The summed E-state index contributed by atoms with van der Waals surface area (Å²) in [7, 11) is 2.01. The van der Waals surface area contributed by atoms with Gasteiger partial charge in [0.2, 0.25) is 0 Å². The van der Waals surface area contributed by atoms with Gasteiger partial charge in [-0.1, -0.05) is 32.0 Å². The van der Waals surface area contributed by atoms with Crippen molar-refractivity contribution in [2.75, 3.05) is 33.2 Å². The first-order valence-corrected chi connectivity index (χ1v) is 8.46. The number of nitrogens with one attached hydrogen (secondary N) is 1. The molecule has 0 unspecified atom stereocenters. The van der Waals surface area contributed by atoms with E-state index in [0.717, 1.165) is 19.6 Å². The van der Waals surface area contributed by atoms with Crippen LogP contribution >= 0.6 is 0 Å². The summed E-state index contributed by atoms with van der Waals surface area (Å²) in [6.07, 6.45) is 2.63. The monoisotopic (exact) mass is 289 g/mol. The van der Waals surface area contributed by atoms with E-state index in [-0.39, 0.29) is 0 Å². The fourth-order valence-corrected chi connectivity index (χ4v) is 3.20. The highest BCUT2D eigenvalue weighted by molar-refractivity contribution is 5.34. The zero-order valence-electron chi connectivity index (χ0n) is 14.0. The minimum absolute atomic E-state index is 0.969. The van der Waals surface area contributed by atoms with Gasteiger partial charge in [-0.2, -0.15) is 0 Å². The van der Waals surface area contributed by atoms with Crippen molar-refractivity contribution in [3.8, 4) is 0 Å². The molecule has 0 saturated carbocycles. The number of unbranched alkanes of at least 4 members (excludes halogenated alkanes) is 1. The van der Waals surface area contributed by atoms with Gasteiger partial charge in [0.15, 0.2) is 0 Å². The first-order valence-electron chi connectivity index (χ1n) is 8.46. The Labute approximate surface area is 130 Å². The summed E-state index contributed by atoms with van der Waals surface area (Å²) in [6.45, 7) is 12.6. The average Bonchev–Trinajstić information content (AvgIpc) is 2.90. The van der Waals surface area contributed by atoms with Gasteiger partial charge in [0, 0.05) is 19.6 Å². The first-order chi connectivity index (χ1) is 10.3. The third-order valence-corrected chi connectivity index (χ3v) is 4.53. The van der Waals surface area contributed by atoms with Gasteiger partial charge in [-0.05, 0) is 62.8 Å². The highest BCUT2D eigenvalue weighted by atomic mass is 15.1. The molecule has 1 aromatic carbocycles. The minimum Gasteiger partial charge on any atom is -0.316 e. The van der Waals surface area contributed by atoms with E-state index in [1.165, 1.54) is 55.7 Å². The maximum atomic E-state index is 3.23. The van der Waals surface area contributed by atoms with Gasteiger partial charge >= 0.3 is 0 Å². The molecule has 0 atom stereocenters. The number of rotatable bonds is 9.